The summed E-state index contributed by atoms with van der Waals surface area (Å²) < 4.78 is 2.10. The monoisotopic (exact) mass is 339 g/mol. The van der Waals surface area contributed by atoms with Crippen LogP contribution in [0.1, 0.15) is 29.4 Å². The fourth-order valence-corrected chi connectivity index (χ4v) is 4.31. The Hall–Kier alpha value is -2.14. The van der Waals surface area contributed by atoms with Crippen LogP contribution in [0.2, 0.25) is 0 Å². The van der Waals surface area contributed by atoms with E-state index >= 15 is 0 Å². The number of aromatic nitrogens is 2. The van der Waals surface area contributed by atoms with Crippen molar-refractivity contribution in [1.82, 2.24) is 14.5 Å². The Balaban J connectivity index is 1.62. The number of likely N-dealkylation sites (tertiary alicyclic amines) is 1. The Labute approximate surface area is 145 Å². The second-order valence-electron chi connectivity index (χ2n) is 6.62. The number of aryl methyl sites for hydroxylation is 1. The van der Waals surface area contributed by atoms with Gasteiger partial charge in [0.1, 0.15) is 0 Å². The molecule has 0 radical (unpaired) electrons. The summed E-state index contributed by atoms with van der Waals surface area (Å²) >= 11 is 1.54. The van der Waals surface area contributed by atoms with Crippen LogP contribution in [0.25, 0.3) is 21.7 Å². The summed E-state index contributed by atoms with van der Waals surface area (Å²) in [7, 11) is 2.03. The second-order valence-corrected chi connectivity index (χ2v) is 7.71. The van der Waals surface area contributed by atoms with Gasteiger partial charge in [0, 0.05) is 20.1 Å². The van der Waals surface area contributed by atoms with Crippen molar-refractivity contribution in [3.05, 3.63) is 41.3 Å². The maximum absolute atomic E-state index is 12.7. The van der Waals surface area contributed by atoms with Crippen molar-refractivity contribution >= 4 is 28.3 Å². The molecule has 2 aromatic heterocycles. The van der Waals surface area contributed by atoms with Crippen molar-refractivity contribution in [2.45, 2.75) is 19.8 Å². The molecule has 1 fully saturated rings. The smallest absolute Gasteiger partial charge is 0.263 e. The second kappa shape index (κ2) is 6.06. The number of hydrogen-bond acceptors (Lipinski definition) is 3. The average molecular weight is 339 g/mol. The first-order chi connectivity index (χ1) is 11.6. The lowest BCUT2D eigenvalue weighted by Crippen LogP contribution is -2.37. The molecular weight excluding hydrogens is 318 g/mol. The van der Waals surface area contributed by atoms with Gasteiger partial charge in [-0.2, -0.15) is 0 Å². The fraction of sp³-hybridized carbons (Fsp3) is 0.368. The fourth-order valence-electron chi connectivity index (χ4n) is 3.31. The molecule has 0 spiro atoms. The summed E-state index contributed by atoms with van der Waals surface area (Å²) in [5, 5.41) is 0. The molecule has 3 aromatic rings. The number of piperidine rings is 1. The van der Waals surface area contributed by atoms with E-state index in [-0.39, 0.29) is 5.91 Å². The van der Waals surface area contributed by atoms with Gasteiger partial charge < -0.3 is 9.47 Å². The third kappa shape index (κ3) is 2.63. The lowest BCUT2D eigenvalue weighted by Gasteiger charge is -2.29. The zero-order chi connectivity index (χ0) is 16.7. The van der Waals surface area contributed by atoms with Crippen LogP contribution in [0.5, 0.6) is 0 Å². The average Bonchev–Trinajstić information content (AvgIpc) is 3.20. The normalized spacial score (nSPS) is 16.0. The van der Waals surface area contributed by atoms with E-state index in [0.29, 0.717) is 0 Å². The van der Waals surface area contributed by atoms with Crippen LogP contribution in [0.3, 0.4) is 0 Å². The van der Waals surface area contributed by atoms with Crippen molar-refractivity contribution in [2.24, 2.45) is 13.0 Å². The van der Waals surface area contributed by atoms with Crippen molar-refractivity contribution in [1.29, 1.82) is 0 Å². The maximum Gasteiger partial charge on any atom is 0.263 e. The number of hydrogen-bond donors (Lipinski definition) is 0. The van der Waals surface area contributed by atoms with Crippen LogP contribution < -0.4 is 0 Å². The van der Waals surface area contributed by atoms with Crippen molar-refractivity contribution in [2.75, 3.05) is 13.1 Å². The van der Waals surface area contributed by atoms with Gasteiger partial charge in [-0.1, -0.05) is 19.1 Å². The summed E-state index contributed by atoms with van der Waals surface area (Å²) in [5.74, 6) is 1.82. The van der Waals surface area contributed by atoms with E-state index in [1.165, 1.54) is 0 Å². The van der Waals surface area contributed by atoms with Gasteiger partial charge in [-0.3, -0.25) is 4.79 Å². The van der Waals surface area contributed by atoms with Gasteiger partial charge in [0.2, 0.25) is 0 Å². The minimum absolute atomic E-state index is 0.164. The van der Waals surface area contributed by atoms with Crippen LogP contribution in [-0.4, -0.2) is 33.4 Å². The van der Waals surface area contributed by atoms with Crippen LogP contribution in [0.4, 0.5) is 0 Å². The summed E-state index contributed by atoms with van der Waals surface area (Å²) in [6, 6.07) is 12.1. The highest BCUT2D eigenvalue weighted by molar-refractivity contribution is 7.17. The van der Waals surface area contributed by atoms with E-state index < -0.39 is 0 Å². The Bertz CT molecular complexity index is 887. The number of benzene rings is 1. The summed E-state index contributed by atoms with van der Waals surface area (Å²) in [4.78, 5) is 21.3. The molecule has 1 aliphatic rings. The Morgan fingerprint density at radius 3 is 2.67 bits per heavy atom. The number of carbonyl (C=O) groups excluding carboxylic acids is 1. The quantitative estimate of drug-likeness (QED) is 0.703. The first kappa shape index (κ1) is 15.4. The number of fused-ring (bicyclic) bond motifs is 1. The molecular formula is C19H21N3OS. The van der Waals surface area contributed by atoms with Crippen LogP contribution in [0.15, 0.2) is 36.4 Å². The molecule has 1 aliphatic heterocycles. The maximum atomic E-state index is 12.7. The van der Waals surface area contributed by atoms with Gasteiger partial charge in [0.25, 0.3) is 5.91 Å². The van der Waals surface area contributed by atoms with Crippen LogP contribution in [0, 0.1) is 5.92 Å². The molecule has 0 bridgehead atoms. The molecule has 4 nitrogen and oxygen atoms in total. The van der Waals surface area contributed by atoms with Crippen LogP contribution >= 0.6 is 11.3 Å². The number of amides is 1. The first-order valence-electron chi connectivity index (χ1n) is 8.44. The predicted molar refractivity (Wildman–Crippen MR) is 98.3 cm³/mol. The molecule has 0 N–H and O–H groups in total. The number of carbonyl (C=O) groups is 1. The summed E-state index contributed by atoms with van der Waals surface area (Å²) in [6.45, 7) is 4.01. The van der Waals surface area contributed by atoms with Gasteiger partial charge in [0.05, 0.1) is 20.8 Å². The minimum Gasteiger partial charge on any atom is -0.338 e. The predicted octanol–water partition coefficient (Wildman–Crippen LogP) is 4.17. The molecule has 4 rings (SSSR count). The van der Waals surface area contributed by atoms with Crippen molar-refractivity contribution in [3.8, 4) is 10.7 Å². The molecule has 5 heteroatoms. The highest BCUT2D eigenvalue weighted by Gasteiger charge is 2.23. The highest BCUT2D eigenvalue weighted by atomic mass is 32.1. The SMILES string of the molecule is CC1CCN(C(=O)c2ccc(-c3nc4ccccc4n3C)s2)CC1. The first-order valence-corrected chi connectivity index (χ1v) is 9.26. The standard InChI is InChI=1S/C19H21N3OS/c1-13-9-11-22(12-10-13)19(23)17-8-7-16(24-17)18-20-14-5-3-4-6-15(14)21(18)2/h3-8,13H,9-12H2,1-2H3. The lowest BCUT2D eigenvalue weighted by atomic mass is 9.99. The number of thiophene rings is 1. The number of rotatable bonds is 2. The number of para-hydroxylation sites is 2. The van der Waals surface area contributed by atoms with Gasteiger partial charge in [0.15, 0.2) is 5.82 Å². The number of nitrogens with zero attached hydrogens (tertiary/aromatic N) is 3. The third-order valence-electron chi connectivity index (χ3n) is 4.90. The van der Waals surface area contributed by atoms with E-state index in [1.807, 2.05) is 42.3 Å². The van der Waals surface area contributed by atoms with E-state index in [1.54, 1.807) is 11.3 Å². The van der Waals surface area contributed by atoms with Crippen molar-refractivity contribution in [3.63, 3.8) is 0 Å². The highest BCUT2D eigenvalue weighted by Crippen LogP contribution is 2.31. The zero-order valence-corrected chi connectivity index (χ0v) is 14.8. The summed E-state index contributed by atoms with van der Waals surface area (Å²) in [6.07, 6.45) is 2.21. The largest absolute Gasteiger partial charge is 0.338 e. The molecule has 124 valence electrons. The zero-order valence-electron chi connectivity index (χ0n) is 14.0. The molecule has 0 atom stereocenters. The molecule has 0 unspecified atom stereocenters. The molecule has 0 aliphatic carbocycles. The van der Waals surface area contributed by atoms with Gasteiger partial charge >= 0.3 is 0 Å². The lowest BCUT2D eigenvalue weighted by molar-refractivity contribution is 0.0702. The molecule has 1 aromatic carbocycles. The topological polar surface area (TPSA) is 38.1 Å². The Kier molecular flexibility index (Phi) is 3.88. The molecule has 0 saturated carbocycles. The summed E-state index contributed by atoms with van der Waals surface area (Å²) in [5.41, 5.74) is 2.10. The van der Waals surface area contributed by atoms with Gasteiger partial charge in [-0.15, -0.1) is 11.3 Å². The minimum atomic E-state index is 0.164. The number of imidazole rings is 1. The van der Waals surface area contributed by atoms with E-state index in [9.17, 15) is 4.79 Å². The van der Waals surface area contributed by atoms with Gasteiger partial charge in [-0.05, 0) is 43.0 Å². The molecule has 3 heterocycles. The molecule has 24 heavy (non-hydrogen) atoms. The van der Waals surface area contributed by atoms with Gasteiger partial charge in [-0.25, -0.2) is 4.98 Å². The Morgan fingerprint density at radius 1 is 1.17 bits per heavy atom. The third-order valence-corrected chi connectivity index (χ3v) is 5.96. The molecule has 1 saturated heterocycles. The van der Waals surface area contributed by atoms with E-state index in [2.05, 4.69) is 17.6 Å². The van der Waals surface area contributed by atoms with E-state index in [4.69, 9.17) is 4.98 Å². The molecule has 1 amide bonds. The van der Waals surface area contributed by atoms with E-state index in [0.717, 1.165) is 58.5 Å². The van der Waals surface area contributed by atoms with Crippen molar-refractivity contribution < 1.29 is 4.79 Å². The van der Waals surface area contributed by atoms with Crippen LogP contribution in [-0.2, 0) is 7.05 Å². The Morgan fingerprint density at radius 2 is 1.92 bits per heavy atom.